The van der Waals surface area contributed by atoms with Crippen molar-refractivity contribution >= 4 is 41.8 Å². The third-order valence-corrected chi connectivity index (χ3v) is 12.5. The van der Waals surface area contributed by atoms with Gasteiger partial charge in [-0.3, -0.25) is 0 Å². The summed E-state index contributed by atoms with van der Waals surface area (Å²) in [6.45, 7) is -2.53. The standard InChI is InChI=1S/C61H50O18/c62-53(39-22-8-1-9-23-39)70-36-46-48(74-56(65)42-28-14-4-15-29-42)50(75-57(66)43-30-16-5-17-31-43)51(76-58(67)44-32-18-6-19-33-44)60(73-46)77-49-47(37-71-54(63)40-24-10-2-11-25-40)79-61(69,38-72-55(64)41-26-12-3-13-27-41)52(49)78-59(68)45-34-20-7-21-35-45/h1-35,46-52,60,69H,36-38H2/t46-,47-,48+,49-,50+,51-,52+,60+,61+/m1/s1. The summed E-state index contributed by atoms with van der Waals surface area (Å²) in [4.78, 5) is 98.0. The van der Waals surface area contributed by atoms with Crippen LogP contribution in [0.4, 0.5) is 0 Å². The number of ether oxygens (including phenoxy) is 10. The van der Waals surface area contributed by atoms with E-state index in [4.69, 9.17) is 47.4 Å². The number of rotatable bonds is 19. The molecule has 18 nitrogen and oxygen atoms in total. The molecular formula is C61H50O18. The molecule has 2 aliphatic rings. The maximum absolute atomic E-state index is 14.4. The normalized spacial score (nSPS) is 22.2. The molecule has 0 bridgehead atoms. The summed E-state index contributed by atoms with van der Waals surface area (Å²) in [5.41, 5.74) is 0.350. The Morgan fingerprint density at radius 2 is 0.658 bits per heavy atom. The van der Waals surface area contributed by atoms with Crippen LogP contribution in [0.3, 0.4) is 0 Å². The average Bonchev–Trinajstić information content (AvgIpc) is 4.02. The van der Waals surface area contributed by atoms with Gasteiger partial charge in [-0.05, 0) is 84.9 Å². The first kappa shape index (κ1) is 54.5. The summed E-state index contributed by atoms with van der Waals surface area (Å²) in [5, 5.41) is 12.7. The van der Waals surface area contributed by atoms with E-state index < -0.39 is 116 Å². The molecule has 9 rings (SSSR count). The molecule has 2 aliphatic heterocycles. The molecule has 1 N–H and O–H groups in total. The van der Waals surface area contributed by atoms with E-state index in [9.17, 15) is 38.7 Å². The highest BCUT2D eigenvalue weighted by molar-refractivity contribution is 5.93. The Morgan fingerprint density at radius 1 is 0.354 bits per heavy atom. The van der Waals surface area contributed by atoms with Crippen molar-refractivity contribution < 1.29 is 86.0 Å². The van der Waals surface area contributed by atoms with E-state index in [-0.39, 0.29) is 38.9 Å². The van der Waals surface area contributed by atoms with E-state index >= 15 is 0 Å². The van der Waals surface area contributed by atoms with E-state index in [0.717, 1.165) is 0 Å². The van der Waals surface area contributed by atoms with Crippen molar-refractivity contribution in [1.29, 1.82) is 0 Å². The van der Waals surface area contributed by atoms with Crippen LogP contribution in [0.2, 0.25) is 0 Å². The zero-order chi connectivity index (χ0) is 55.1. The number of aliphatic hydroxyl groups is 1. The molecule has 7 aromatic rings. The highest BCUT2D eigenvalue weighted by atomic mass is 16.8. The second-order valence-corrected chi connectivity index (χ2v) is 17.9. The predicted molar refractivity (Wildman–Crippen MR) is 276 cm³/mol. The molecule has 9 atom stereocenters. The zero-order valence-electron chi connectivity index (χ0n) is 41.8. The lowest BCUT2D eigenvalue weighted by Crippen LogP contribution is -2.64. The number of hydrogen-bond donors (Lipinski definition) is 1. The number of esters is 7. The minimum Gasteiger partial charge on any atom is -0.459 e. The van der Waals surface area contributed by atoms with Crippen LogP contribution >= 0.6 is 0 Å². The van der Waals surface area contributed by atoms with Crippen LogP contribution in [0.15, 0.2) is 212 Å². The van der Waals surface area contributed by atoms with Crippen molar-refractivity contribution in [3.8, 4) is 0 Å². The first-order chi connectivity index (χ1) is 38.4. The molecule has 0 aromatic heterocycles. The minimum atomic E-state index is -2.83. The summed E-state index contributed by atoms with van der Waals surface area (Å²) >= 11 is 0. The Morgan fingerprint density at radius 3 is 1.04 bits per heavy atom. The number of carbonyl (C=O) groups excluding carboxylic acids is 7. The van der Waals surface area contributed by atoms with E-state index in [2.05, 4.69) is 0 Å². The summed E-state index contributed by atoms with van der Waals surface area (Å²) in [6.07, 6.45) is -15.0. The van der Waals surface area contributed by atoms with E-state index in [1.807, 2.05) is 0 Å². The topological polar surface area (TPSA) is 232 Å². The van der Waals surface area contributed by atoms with Crippen molar-refractivity contribution in [3.05, 3.63) is 251 Å². The zero-order valence-corrected chi connectivity index (χ0v) is 41.8. The lowest BCUT2D eigenvalue weighted by molar-refractivity contribution is -0.316. The van der Waals surface area contributed by atoms with Gasteiger partial charge in [0.2, 0.25) is 5.79 Å². The van der Waals surface area contributed by atoms with Gasteiger partial charge in [-0.1, -0.05) is 127 Å². The second kappa shape index (κ2) is 25.7. The maximum Gasteiger partial charge on any atom is 0.338 e. The smallest absolute Gasteiger partial charge is 0.338 e. The molecule has 0 radical (unpaired) electrons. The molecule has 2 heterocycles. The van der Waals surface area contributed by atoms with Crippen molar-refractivity contribution in [2.24, 2.45) is 0 Å². The summed E-state index contributed by atoms with van der Waals surface area (Å²) < 4.78 is 61.6. The first-order valence-corrected chi connectivity index (χ1v) is 24.9. The minimum absolute atomic E-state index is 0.00674. The molecule has 2 fully saturated rings. The van der Waals surface area contributed by atoms with Crippen LogP contribution in [0, 0.1) is 0 Å². The first-order valence-electron chi connectivity index (χ1n) is 24.9. The Labute approximate surface area is 452 Å². The molecule has 0 amide bonds. The molecule has 7 aromatic carbocycles. The van der Waals surface area contributed by atoms with Crippen molar-refractivity contribution in [1.82, 2.24) is 0 Å². The van der Waals surface area contributed by atoms with Gasteiger partial charge in [0.1, 0.15) is 38.1 Å². The van der Waals surface area contributed by atoms with E-state index in [1.165, 1.54) is 84.9 Å². The highest BCUT2D eigenvalue weighted by Crippen LogP contribution is 2.39. The summed E-state index contributed by atoms with van der Waals surface area (Å²) in [5.74, 6) is -9.49. The monoisotopic (exact) mass is 1070 g/mol. The molecule has 0 aliphatic carbocycles. The fraction of sp³-hybridized carbons (Fsp3) is 0.197. The largest absolute Gasteiger partial charge is 0.459 e. The van der Waals surface area contributed by atoms with E-state index in [0.29, 0.717) is 0 Å². The average molecular weight is 1070 g/mol. The lowest BCUT2D eigenvalue weighted by atomic mass is 9.97. The number of carbonyl (C=O) groups is 7. The van der Waals surface area contributed by atoms with Crippen LogP contribution in [0.25, 0.3) is 0 Å². The third kappa shape index (κ3) is 13.6. The van der Waals surface area contributed by atoms with Crippen LogP contribution in [0.5, 0.6) is 0 Å². The van der Waals surface area contributed by atoms with Crippen molar-refractivity contribution in [2.45, 2.75) is 54.8 Å². The van der Waals surface area contributed by atoms with Gasteiger partial charge in [0, 0.05) is 0 Å². The molecule has 2 saturated heterocycles. The van der Waals surface area contributed by atoms with E-state index in [1.54, 1.807) is 127 Å². The van der Waals surface area contributed by atoms with Crippen LogP contribution in [0.1, 0.15) is 72.5 Å². The van der Waals surface area contributed by atoms with Gasteiger partial charge in [0.25, 0.3) is 0 Å². The second-order valence-electron chi connectivity index (χ2n) is 17.9. The molecule has 18 heteroatoms. The Hall–Kier alpha value is -9.33. The quantitative estimate of drug-likeness (QED) is 0.0605. The van der Waals surface area contributed by atoms with Gasteiger partial charge in [-0.15, -0.1) is 0 Å². The van der Waals surface area contributed by atoms with Gasteiger partial charge < -0.3 is 52.5 Å². The maximum atomic E-state index is 14.4. The molecule has 0 spiro atoms. The van der Waals surface area contributed by atoms with Gasteiger partial charge in [-0.2, -0.15) is 0 Å². The van der Waals surface area contributed by atoms with Crippen molar-refractivity contribution in [2.75, 3.05) is 19.8 Å². The Kier molecular flexibility index (Phi) is 17.7. The van der Waals surface area contributed by atoms with Gasteiger partial charge >= 0.3 is 41.8 Å². The lowest BCUT2D eigenvalue weighted by Gasteiger charge is -2.45. The molecule has 402 valence electrons. The third-order valence-electron chi connectivity index (χ3n) is 12.5. The van der Waals surface area contributed by atoms with Gasteiger partial charge in [-0.25, -0.2) is 33.6 Å². The molecule has 0 saturated carbocycles. The van der Waals surface area contributed by atoms with Crippen LogP contribution in [-0.4, -0.2) is 122 Å². The summed E-state index contributed by atoms with van der Waals surface area (Å²) in [6, 6.07) is 54.2. The van der Waals surface area contributed by atoms with Crippen LogP contribution in [-0.2, 0) is 47.4 Å². The number of benzene rings is 7. The Bertz CT molecular complexity index is 3190. The summed E-state index contributed by atoms with van der Waals surface area (Å²) in [7, 11) is 0. The molecular weight excluding hydrogens is 1020 g/mol. The fourth-order valence-corrected chi connectivity index (χ4v) is 8.60. The Balaban J connectivity index is 1.17. The fourth-order valence-electron chi connectivity index (χ4n) is 8.60. The highest BCUT2D eigenvalue weighted by Gasteiger charge is 2.62. The number of hydrogen-bond acceptors (Lipinski definition) is 18. The van der Waals surface area contributed by atoms with Crippen molar-refractivity contribution in [3.63, 3.8) is 0 Å². The van der Waals surface area contributed by atoms with Gasteiger partial charge in [0.15, 0.2) is 30.7 Å². The van der Waals surface area contributed by atoms with Gasteiger partial charge in [0.05, 0.1) is 38.9 Å². The molecule has 0 unspecified atom stereocenters. The van der Waals surface area contributed by atoms with Crippen LogP contribution < -0.4 is 0 Å². The molecule has 79 heavy (non-hydrogen) atoms. The predicted octanol–water partition coefficient (Wildman–Crippen LogP) is 7.66. The SMILES string of the molecule is O=C(OC[C@H]1O[C@@H](O[C@@H]2[C@@H](COC(=O)c3ccccc3)O[C@@](O)(COC(=O)c3ccccc3)[C@H]2OC(=O)c2ccccc2)[C@H](OC(=O)c2ccccc2)[C@@H](OC(=O)c2ccccc2)[C@H]1OC(=O)c1ccccc1)c1ccccc1.